The summed E-state index contributed by atoms with van der Waals surface area (Å²) in [6.07, 6.45) is 2.76. The first-order valence-corrected chi connectivity index (χ1v) is 7.00. The second kappa shape index (κ2) is 6.92. The zero-order valence-electron chi connectivity index (χ0n) is 10.4. The number of nitrogens with one attached hydrogen (secondary N) is 1. The lowest BCUT2D eigenvalue weighted by molar-refractivity contribution is 0.0378. The summed E-state index contributed by atoms with van der Waals surface area (Å²) in [5.41, 5.74) is 6.31. The normalized spacial score (nSPS) is 16.7. The van der Waals surface area contributed by atoms with E-state index in [1.165, 1.54) is 0 Å². The molecule has 0 saturated carbocycles. The highest BCUT2D eigenvalue weighted by Gasteiger charge is 2.09. The minimum Gasteiger partial charge on any atom is -0.397 e. The van der Waals surface area contributed by atoms with E-state index in [1.807, 2.05) is 6.07 Å². The molecule has 1 fully saturated rings. The highest BCUT2D eigenvalue weighted by molar-refractivity contribution is 9.10. The molecule has 1 aromatic rings. The smallest absolute Gasteiger partial charge is 0.140 e. The highest BCUT2D eigenvalue weighted by atomic mass is 79.9. The van der Waals surface area contributed by atoms with E-state index in [9.17, 15) is 0 Å². The molecule has 0 aromatic carbocycles. The summed E-state index contributed by atoms with van der Waals surface area (Å²) in [5.74, 6) is 0.853. The monoisotopic (exact) mass is 314 g/mol. The summed E-state index contributed by atoms with van der Waals surface area (Å²) in [5, 5.41) is 3.31. The third-order valence-electron chi connectivity index (χ3n) is 2.91. The van der Waals surface area contributed by atoms with E-state index in [1.54, 1.807) is 6.20 Å². The molecule has 0 bridgehead atoms. The topological polar surface area (TPSA) is 63.4 Å². The number of ether oxygens (including phenoxy) is 1. The average molecular weight is 315 g/mol. The number of anilines is 2. The summed E-state index contributed by atoms with van der Waals surface area (Å²) >= 11 is 3.44. The van der Waals surface area contributed by atoms with Gasteiger partial charge in [0, 0.05) is 19.6 Å². The van der Waals surface area contributed by atoms with Gasteiger partial charge in [0.05, 0.1) is 29.6 Å². The van der Waals surface area contributed by atoms with Gasteiger partial charge in [0.1, 0.15) is 5.82 Å². The van der Waals surface area contributed by atoms with E-state index in [2.05, 4.69) is 31.1 Å². The predicted molar refractivity (Wildman–Crippen MR) is 76.7 cm³/mol. The molecule has 18 heavy (non-hydrogen) atoms. The van der Waals surface area contributed by atoms with Crippen LogP contribution in [-0.2, 0) is 4.74 Å². The van der Waals surface area contributed by atoms with E-state index >= 15 is 0 Å². The van der Waals surface area contributed by atoms with Crippen molar-refractivity contribution in [2.24, 2.45) is 0 Å². The molecule has 3 N–H and O–H groups in total. The van der Waals surface area contributed by atoms with Gasteiger partial charge in [0.15, 0.2) is 0 Å². The standard InChI is InChI=1S/C12H19BrN4O/c13-11-8-10(14)9-16-12(11)15-2-1-3-17-4-6-18-7-5-17/h8-9H,1-7,14H2,(H,15,16). The Kier molecular flexibility index (Phi) is 5.22. The number of morpholine rings is 1. The minimum absolute atomic E-state index is 0.667. The van der Waals surface area contributed by atoms with E-state index in [0.29, 0.717) is 5.69 Å². The first-order valence-electron chi connectivity index (χ1n) is 6.21. The third-order valence-corrected chi connectivity index (χ3v) is 3.51. The van der Waals surface area contributed by atoms with Crippen molar-refractivity contribution in [3.63, 3.8) is 0 Å². The van der Waals surface area contributed by atoms with Crippen LogP contribution in [0.15, 0.2) is 16.7 Å². The molecule has 6 heteroatoms. The Bertz CT molecular complexity index is 382. The van der Waals surface area contributed by atoms with Crippen LogP contribution in [-0.4, -0.2) is 49.3 Å². The molecule has 0 spiro atoms. The Balaban J connectivity index is 1.68. The van der Waals surface area contributed by atoms with Gasteiger partial charge in [0.2, 0.25) is 0 Å². The fraction of sp³-hybridized carbons (Fsp3) is 0.583. The van der Waals surface area contributed by atoms with Crippen molar-refractivity contribution < 1.29 is 4.74 Å². The molecule has 1 aliphatic rings. The summed E-state index contributed by atoms with van der Waals surface area (Å²) in [6, 6.07) is 1.86. The van der Waals surface area contributed by atoms with Crippen LogP contribution >= 0.6 is 15.9 Å². The predicted octanol–water partition coefficient (Wildman–Crippen LogP) is 1.56. The highest BCUT2D eigenvalue weighted by Crippen LogP contribution is 2.21. The lowest BCUT2D eigenvalue weighted by atomic mass is 10.3. The van der Waals surface area contributed by atoms with Crippen LogP contribution in [0.2, 0.25) is 0 Å². The quantitative estimate of drug-likeness (QED) is 0.808. The van der Waals surface area contributed by atoms with Crippen LogP contribution in [0.5, 0.6) is 0 Å². The molecular formula is C12H19BrN4O. The van der Waals surface area contributed by atoms with Crippen molar-refractivity contribution in [2.75, 3.05) is 50.4 Å². The SMILES string of the molecule is Nc1cnc(NCCCN2CCOCC2)c(Br)c1. The molecule has 0 atom stereocenters. The fourth-order valence-corrected chi connectivity index (χ4v) is 2.42. The summed E-state index contributed by atoms with van der Waals surface area (Å²) < 4.78 is 6.23. The Hall–Kier alpha value is -0.850. The van der Waals surface area contributed by atoms with Crippen LogP contribution in [0.3, 0.4) is 0 Å². The van der Waals surface area contributed by atoms with Crippen LogP contribution in [0, 0.1) is 0 Å². The molecule has 1 aromatic heterocycles. The largest absolute Gasteiger partial charge is 0.397 e. The Morgan fingerprint density at radius 2 is 2.22 bits per heavy atom. The summed E-state index contributed by atoms with van der Waals surface area (Å²) in [4.78, 5) is 6.67. The minimum atomic E-state index is 0.667. The number of rotatable bonds is 5. The lowest BCUT2D eigenvalue weighted by Crippen LogP contribution is -2.37. The Labute approximate surface area is 116 Å². The second-order valence-electron chi connectivity index (χ2n) is 4.33. The van der Waals surface area contributed by atoms with Crippen molar-refractivity contribution in [1.82, 2.24) is 9.88 Å². The van der Waals surface area contributed by atoms with Gasteiger partial charge in [-0.2, -0.15) is 0 Å². The number of halogens is 1. The molecule has 2 heterocycles. The average Bonchev–Trinajstić information content (AvgIpc) is 2.38. The van der Waals surface area contributed by atoms with Crippen LogP contribution in [0.1, 0.15) is 6.42 Å². The van der Waals surface area contributed by atoms with E-state index < -0.39 is 0 Å². The van der Waals surface area contributed by atoms with Crippen molar-refractivity contribution in [2.45, 2.75) is 6.42 Å². The summed E-state index contributed by atoms with van der Waals surface area (Å²) in [6.45, 7) is 5.82. The first kappa shape index (κ1) is 13.6. The number of aromatic nitrogens is 1. The van der Waals surface area contributed by atoms with Crippen molar-refractivity contribution in [1.29, 1.82) is 0 Å². The van der Waals surface area contributed by atoms with Gasteiger partial charge in [0.25, 0.3) is 0 Å². The van der Waals surface area contributed by atoms with Crippen molar-refractivity contribution in [3.8, 4) is 0 Å². The Morgan fingerprint density at radius 3 is 2.94 bits per heavy atom. The van der Waals surface area contributed by atoms with Gasteiger partial charge in [-0.15, -0.1) is 0 Å². The number of hydrogen-bond acceptors (Lipinski definition) is 5. The van der Waals surface area contributed by atoms with E-state index in [4.69, 9.17) is 10.5 Å². The molecule has 0 unspecified atom stereocenters. The summed E-state index contributed by atoms with van der Waals surface area (Å²) in [7, 11) is 0. The molecule has 1 saturated heterocycles. The molecule has 0 radical (unpaired) electrons. The van der Waals surface area contributed by atoms with Crippen molar-refractivity contribution in [3.05, 3.63) is 16.7 Å². The van der Waals surface area contributed by atoms with Crippen LogP contribution in [0.25, 0.3) is 0 Å². The molecule has 1 aliphatic heterocycles. The maximum atomic E-state index is 5.64. The van der Waals surface area contributed by atoms with Gasteiger partial charge in [-0.3, -0.25) is 4.90 Å². The molecule has 0 amide bonds. The van der Waals surface area contributed by atoms with Gasteiger partial charge in [-0.1, -0.05) is 0 Å². The zero-order chi connectivity index (χ0) is 12.8. The molecule has 2 rings (SSSR count). The number of nitrogens with two attached hydrogens (primary N) is 1. The molecule has 0 aliphatic carbocycles. The van der Waals surface area contributed by atoms with Gasteiger partial charge < -0.3 is 15.8 Å². The lowest BCUT2D eigenvalue weighted by Gasteiger charge is -2.26. The third kappa shape index (κ3) is 4.12. The molecular weight excluding hydrogens is 296 g/mol. The van der Waals surface area contributed by atoms with E-state index in [0.717, 1.165) is 56.1 Å². The maximum absolute atomic E-state index is 5.64. The molecule has 5 nitrogen and oxygen atoms in total. The number of hydrogen-bond donors (Lipinski definition) is 2. The second-order valence-corrected chi connectivity index (χ2v) is 5.19. The Morgan fingerprint density at radius 1 is 1.44 bits per heavy atom. The zero-order valence-corrected chi connectivity index (χ0v) is 11.9. The van der Waals surface area contributed by atoms with Crippen molar-refractivity contribution >= 4 is 27.4 Å². The van der Waals surface area contributed by atoms with Gasteiger partial charge >= 0.3 is 0 Å². The maximum Gasteiger partial charge on any atom is 0.140 e. The first-order chi connectivity index (χ1) is 8.75. The number of pyridine rings is 1. The van der Waals surface area contributed by atoms with Crippen LogP contribution in [0.4, 0.5) is 11.5 Å². The number of nitrogens with zero attached hydrogens (tertiary/aromatic N) is 2. The number of nitrogen functional groups attached to an aromatic ring is 1. The van der Waals surface area contributed by atoms with Gasteiger partial charge in [-0.25, -0.2) is 4.98 Å². The van der Waals surface area contributed by atoms with Crippen LogP contribution < -0.4 is 11.1 Å². The van der Waals surface area contributed by atoms with E-state index in [-0.39, 0.29) is 0 Å². The molecule has 100 valence electrons. The fourth-order valence-electron chi connectivity index (χ4n) is 1.92. The van der Waals surface area contributed by atoms with Gasteiger partial charge in [-0.05, 0) is 35.0 Å².